The maximum Gasteiger partial charge on any atom is 0.222 e. The highest BCUT2D eigenvalue weighted by molar-refractivity contribution is 6.17. The van der Waals surface area contributed by atoms with Gasteiger partial charge < -0.3 is 4.90 Å². The SMILES string of the molecule is CC1CC(=O)N(CCCCCCCl)C1. The summed E-state index contributed by atoms with van der Waals surface area (Å²) in [5, 5.41) is 0. The fraction of sp³-hybridized carbons (Fsp3) is 0.909. The highest BCUT2D eigenvalue weighted by Crippen LogP contribution is 2.17. The average Bonchev–Trinajstić information content (AvgIpc) is 2.45. The summed E-state index contributed by atoms with van der Waals surface area (Å²) < 4.78 is 0. The van der Waals surface area contributed by atoms with Crippen molar-refractivity contribution < 1.29 is 4.79 Å². The number of halogens is 1. The van der Waals surface area contributed by atoms with Gasteiger partial charge in [0.25, 0.3) is 0 Å². The zero-order valence-corrected chi connectivity index (χ0v) is 9.72. The van der Waals surface area contributed by atoms with Crippen molar-refractivity contribution in [1.29, 1.82) is 0 Å². The molecule has 1 amide bonds. The van der Waals surface area contributed by atoms with Crippen LogP contribution in [0.1, 0.15) is 39.0 Å². The molecule has 0 N–H and O–H groups in total. The van der Waals surface area contributed by atoms with Crippen molar-refractivity contribution in [3.05, 3.63) is 0 Å². The molecule has 0 aromatic rings. The first-order chi connectivity index (χ1) is 6.74. The third-order valence-corrected chi connectivity index (χ3v) is 2.99. The summed E-state index contributed by atoms with van der Waals surface area (Å²) in [5.41, 5.74) is 0. The van der Waals surface area contributed by atoms with Crippen LogP contribution >= 0.6 is 11.6 Å². The lowest BCUT2D eigenvalue weighted by Gasteiger charge is -2.15. The number of amides is 1. The number of unbranched alkanes of at least 4 members (excludes halogenated alkanes) is 3. The van der Waals surface area contributed by atoms with Crippen LogP contribution in [-0.2, 0) is 4.79 Å². The number of alkyl halides is 1. The molecule has 1 rings (SSSR count). The van der Waals surface area contributed by atoms with Gasteiger partial charge in [-0.3, -0.25) is 4.79 Å². The Morgan fingerprint density at radius 1 is 1.36 bits per heavy atom. The molecule has 0 bridgehead atoms. The van der Waals surface area contributed by atoms with Gasteiger partial charge in [0.2, 0.25) is 5.91 Å². The number of hydrogen-bond donors (Lipinski definition) is 0. The van der Waals surface area contributed by atoms with Gasteiger partial charge in [-0.2, -0.15) is 0 Å². The van der Waals surface area contributed by atoms with E-state index in [-0.39, 0.29) is 0 Å². The van der Waals surface area contributed by atoms with Gasteiger partial charge in [-0.05, 0) is 18.8 Å². The molecule has 3 heteroatoms. The molecule has 2 nitrogen and oxygen atoms in total. The van der Waals surface area contributed by atoms with Gasteiger partial charge in [0.05, 0.1) is 0 Å². The molecule has 1 atom stereocenters. The highest BCUT2D eigenvalue weighted by atomic mass is 35.5. The first kappa shape index (κ1) is 11.8. The summed E-state index contributed by atoms with van der Waals surface area (Å²) in [4.78, 5) is 13.4. The monoisotopic (exact) mass is 217 g/mol. The smallest absolute Gasteiger partial charge is 0.222 e. The van der Waals surface area contributed by atoms with Crippen LogP contribution in [0.2, 0.25) is 0 Å². The average molecular weight is 218 g/mol. The normalized spacial score (nSPS) is 22.0. The molecule has 0 aromatic carbocycles. The van der Waals surface area contributed by atoms with Gasteiger partial charge in [-0.15, -0.1) is 11.6 Å². The van der Waals surface area contributed by atoms with Crippen LogP contribution in [0.5, 0.6) is 0 Å². The van der Waals surface area contributed by atoms with Gasteiger partial charge >= 0.3 is 0 Å². The van der Waals surface area contributed by atoms with E-state index in [2.05, 4.69) is 6.92 Å². The molecule has 1 unspecified atom stereocenters. The zero-order valence-electron chi connectivity index (χ0n) is 8.97. The lowest BCUT2D eigenvalue weighted by Crippen LogP contribution is -2.26. The summed E-state index contributed by atoms with van der Waals surface area (Å²) in [5.74, 6) is 1.67. The summed E-state index contributed by atoms with van der Waals surface area (Å²) in [6.45, 7) is 4.06. The third-order valence-electron chi connectivity index (χ3n) is 2.72. The van der Waals surface area contributed by atoms with E-state index in [0.717, 1.165) is 38.2 Å². The standard InChI is InChI=1S/C11H20ClNO/c1-10-8-11(14)13(9-10)7-5-3-2-4-6-12/h10H,2-9H2,1H3. The van der Waals surface area contributed by atoms with E-state index >= 15 is 0 Å². The van der Waals surface area contributed by atoms with Crippen molar-refractivity contribution >= 4 is 17.5 Å². The number of carbonyl (C=O) groups is 1. The summed E-state index contributed by atoms with van der Waals surface area (Å²) in [6.07, 6.45) is 5.38. The predicted molar refractivity (Wildman–Crippen MR) is 59.5 cm³/mol. The second-order valence-electron chi connectivity index (χ2n) is 4.25. The van der Waals surface area contributed by atoms with Gasteiger partial charge in [-0.1, -0.05) is 19.8 Å². The molecular weight excluding hydrogens is 198 g/mol. The molecule has 1 fully saturated rings. The number of nitrogens with zero attached hydrogens (tertiary/aromatic N) is 1. The lowest BCUT2D eigenvalue weighted by molar-refractivity contribution is -0.127. The Balaban J connectivity index is 2.04. The van der Waals surface area contributed by atoms with Crippen molar-refractivity contribution in [2.75, 3.05) is 19.0 Å². The van der Waals surface area contributed by atoms with E-state index < -0.39 is 0 Å². The Bertz CT molecular complexity index is 184. The van der Waals surface area contributed by atoms with E-state index in [1.54, 1.807) is 0 Å². The number of carbonyl (C=O) groups excluding carboxylic acids is 1. The van der Waals surface area contributed by atoms with E-state index in [0.29, 0.717) is 11.8 Å². The first-order valence-electron chi connectivity index (χ1n) is 5.57. The molecule has 1 heterocycles. The van der Waals surface area contributed by atoms with Gasteiger partial charge in [-0.25, -0.2) is 0 Å². The molecule has 0 spiro atoms. The highest BCUT2D eigenvalue weighted by Gasteiger charge is 2.25. The lowest BCUT2D eigenvalue weighted by atomic mass is 10.2. The molecule has 0 aromatic heterocycles. The Hall–Kier alpha value is -0.240. The molecule has 0 radical (unpaired) electrons. The molecule has 1 aliphatic rings. The molecule has 82 valence electrons. The Labute approximate surface area is 91.6 Å². The Morgan fingerprint density at radius 3 is 2.64 bits per heavy atom. The van der Waals surface area contributed by atoms with Gasteiger partial charge in [0.15, 0.2) is 0 Å². The summed E-state index contributed by atoms with van der Waals surface area (Å²) in [6, 6.07) is 0. The van der Waals surface area contributed by atoms with Crippen LogP contribution in [0.4, 0.5) is 0 Å². The Morgan fingerprint density at radius 2 is 2.07 bits per heavy atom. The molecular formula is C11H20ClNO. The summed E-state index contributed by atoms with van der Waals surface area (Å²) >= 11 is 5.59. The third kappa shape index (κ3) is 3.87. The fourth-order valence-corrected chi connectivity index (χ4v) is 2.13. The van der Waals surface area contributed by atoms with Crippen molar-refractivity contribution in [2.45, 2.75) is 39.0 Å². The molecule has 0 saturated carbocycles. The van der Waals surface area contributed by atoms with Gasteiger partial charge in [0, 0.05) is 25.4 Å². The topological polar surface area (TPSA) is 20.3 Å². The Kier molecular flexibility index (Phi) is 5.31. The molecule has 1 saturated heterocycles. The minimum absolute atomic E-state index is 0.342. The quantitative estimate of drug-likeness (QED) is 0.495. The van der Waals surface area contributed by atoms with E-state index in [4.69, 9.17) is 11.6 Å². The van der Waals surface area contributed by atoms with Crippen LogP contribution < -0.4 is 0 Å². The van der Waals surface area contributed by atoms with E-state index in [9.17, 15) is 4.79 Å². The van der Waals surface area contributed by atoms with E-state index in [1.165, 1.54) is 12.8 Å². The number of likely N-dealkylation sites (tertiary alicyclic amines) is 1. The second-order valence-corrected chi connectivity index (χ2v) is 4.63. The van der Waals surface area contributed by atoms with Crippen LogP contribution in [0.3, 0.4) is 0 Å². The van der Waals surface area contributed by atoms with Crippen LogP contribution in [0, 0.1) is 5.92 Å². The zero-order chi connectivity index (χ0) is 10.4. The molecule has 14 heavy (non-hydrogen) atoms. The second kappa shape index (κ2) is 6.28. The van der Waals surface area contributed by atoms with E-state index in [1.807, 2.05) is 4.90 Å². The largest absolute Gasteiger partial charge is 0.342 e. The van der Waals surface area contributed by atoms with Crippen LogP contribution in [0.15, 0.2) is 0 Å². The van der Waals surface area contributed by atoms with Crippen molar-refractivity contribution in [2.24, 2.45) is 5.92 Å². The van der Waals surface area contributed by atoms with Crippen LogP contribution in [-0.4, -0.2) is 29.8 Å². The predicted octanol–water partition coefficient (Wildman–Crippen LogP) is 2.65. The minimum Gasteiger partial charge on any atom is -0.342 e. The molecule has 0 aliphatic carbocycles. The van der Waals surface area contributed by atoms with Crippen molar-refractivity contribution in [3.8, 4) is 0 Å². The van der Waals surface area contributed by atoms with Crippen LogP contribution in [0.25, 0.3) is 0 Å². The minimum atomic E-state index is 0.342. The van der Waals surface area contributed by atoms with Gasteiger partial charge in [0.1, 0.15) is 0 Å². The summed E-state index contributed by atoms with van der Waals surface area (Å²) in [7, 11) is 0. The fourth-order valence-electron chi connectivity index (χ4n) is 1.94. The van der Waals surface area contributed by atoms with Crippen molar-refractivity contribution in [3.63, 3.8) is 0 Å². The molecule has 1 aliphatic heterocycles. The first-order valence-corrected chi connectivity index (χ1v) is 6.11. The maximum atomic E-state index is 11.4. The maximum absolute atomic E-state index is 11.4. The number of hydrogen-bond acceptors (Lipinski definition) is 1. The number of rotatable bonds is 6. The van der Waals surface area contributed by atoms with Crippen molar-refractivity contribution in [1.82, 2.24) is 4.90 Å².